The molecule has 0 radical (unpaired) electrons. The van der Waals surface area contributed by atoms with Gasteiger partial charge in [0.25, 0.3) is 0 Å². The summed E-state index contributed by atoms with van der Waals surface area (Å²) in [6, 6.07) is 6.73. The molecule has 1 aromatic rings. The molecule has 0 amide bonds. The first-order valence-electron chi connectivity index (χ1n) is 9.08. The number of nitrogens with one attached hydrogen (secondary N) is 2. The zero-order valence-corrected chi connectivity index (χ0v) is 17.2. The fraction of sp³-hybridized carbons (Fsp3) is 0.667. The molecule has 0 aromatic heterocycles. The van der Waals surface area contributed by atoms with E-state index in [1.165, 1.54) is 9.80 Å². The Hall–Kier alpha value is -1.15. The van der Waals surface area contributed by atoms with Crippen LogP contribution in [-0.4, -0.2) is 73.7 Å². The summed E-state index contributed by atoms with van der Waals surface area (Å²) < 4.78 is 33.1. The molecule has 1 rings (SSSR count). The summed E-state index contributed by atoms with van der Waals surface area (Å²) in [6.45, 7) is 5.50. The Balaban J connectivity index is 2.87. The predicted molar refractivity (Wildman–Crippen MR) is 101 cm³/mol. The molecule has 0 aliphatic carbocycles. The average molecular weight is 374 g/mol. The second-order valence-corrected chi connectivity index (χ2v) is 8.87. The second kappa shape index (κ2) is 10.8. The van der Waals surface area contributed by atoms with Gasteiger partial charge in [0.1, 0.15) is 5.75 Å². The SMILES string of the molecule is CCOc1ccc(S(=O)(=O)N(CCC[NH+](C)C)CCC[NH+](C)C)cc1. The van der Waals surface area contributed by atoms with Gasteiger partial charge in [-0.15, -0.1) is 0 Å². The number of ether oxygens (including phenoxy) is 1. The van der Waals surface area contributed by atoms with Gasteiger partial charge in [0, 0.05) is 25.9 Å². The number of hydrogen-bond donors (Lipinski definition) is 2. The number of quaternary nitrogens is 2. The molecule has 6 nitrogen and oxygen atoms in total. The lowest BCUT2D eigenvalue weighted by molar-refractivity contribution is -0.858. The summed E-state index contributed by atoms with van der Waals surface area (Å²) in [7, 11) is 4.87. The minimum Gasteiger partial charge on any atom is -0.494 e. The van der Waals surface area contributed by atoms with E-state index < -0.39 is 10.0 Å². The van der Waals surface area contributed by atoms with E-state index in [9.17, 15) is 8.42 Å². The summed E-state index contributed by atoms with van der Waals surface area (Å²) in [4.78, 5) is 3.00. The maximum Gasteiger partial charge on any atom is 0.243 e. The van der Waals surface area contributed by atoms with Crippen LogP contribution in [0, 0.1) is 0 Å². The Morgan fingerprint density at radius 1 is 0.920 bits per heavy atom. The lowest BCUT2D eigenvalue weighted by Crippen LogP contribution is -3.05. The minimum atomic E-state index is -3.47. The molecule has 0 fully saturated rings. The van der Waals surface area contributed by atoms with Crippen molar-refractivity contribution in [3.8, 4) is 5.75 Å². The van der Waals surface area contributed by atoms with Gasteiger partial charge in [-0.1, -0.05) is 0 Å². The Morgan fingerprint density at radius 2 is 1.40 bits per heavy atom. The molecular weight excluding hydrogens is 338 g/mol. The van der Waals surface area contributed by atoms with E-state index in [1.807, 2.05) is 6.92 Å². The molecule has 0 aliphatic heterocycles. The molecule has 0 heterocycles. The number of hydrogen-bond acceptors (Lipinski definition) is 3. The van der Waals surface area contributed by atoms with Crippen molar-refractivity contribution in [2.24, 2.45) is 0 Å². The summed E-state index contributed by atoms with van der Waals surface area (Å²) in [5, 5.41) is 0. The van der Waals surface area contributed by atoms with Gasteiger partial charge in [-0.3, -0.25) is 0 Å². The first-order chi connectivity index (χ1) is 11.8. The highest BCUT2D eigenvalue weighted by atomic mass is 32.2. The molecule has 0 atom stereocenters. The van der Waals surface area contributed by atoms with Gasteiger partial charge in [0.05, 0.1) is 52.8 Å². The van der Waals surface area contributed by atoms with E-state index in [1.54, 1.807) is 28.6 Å². The quantitative estimate of drug-likeness (QED) is 0.502. The van der Waals surface area contributed by atoms with Gasteiger partial charge >= 0.3 is 0 Å². The molecule has 25 heavy (non-hydrogen) atoms. The molecule has 0 bridgehead atoms. The maximum atomic E-state index is 13.0. The molecule has 144 valence electrons. The van der Waals surface area contributed by atoms with Crippen molar-refractivity contribution in [3.63, 3.8) is 0 Å². The Labute approximate surface area is 153 Å². The van der Waals surface area contributed by atoms with E-state index in [-0.39, 0.29) is 0 Å². The Bertz CT molecular complexity index is 572. The first kappa shape index (κ1) is 21.9. The van der Waals surface area contributed by atoms with Crippen molar-refractivity contribution in [2.45, 2.75) is 24.7 Å². The van der Waals surface area contributed by atoms with Crippen molar-refractivity contribution >= 4 is 10.0 Å². The molecular formula is C18H35N3O3S+2. The largest absolute Gasteiger partial charge is 0.494 e. The van der Waals surface area contributed by atoms with Crippen molar-refractivity contribution in [3.05, 3.63) is 24.3 Å². The van der Waals surface area contributed by atoms with Gasteiger partial charge in [-0.25, -0.2) is 8.42 Å². The van der Waals surface area contributed by atoms with E-state index >= 15 is 0 Å². The van der Waals surface area contributed by atoms with Crippen molar-refractivity contribution in [2.75, 3.05) is 61.0 Å². The second-order valence-electron chi connectivity index (χ2n) is 6.93. The van der Waals surface area contributed by atoms with Crippen LogP contribution in [0.15, 0.2) is 29.2 Å². The third kappa shape index (κ3) is 7.73. The molecule has 1 aromatic carbocycles. The summed E-state index contributed by atoms with van der Waals surface area (Å²) in [5.74, 6) is 0.695. The molecule has 0 spiro atoms. The topological polar surface area (TPSA) is 55.5 Å². The lowest BCUT2D eigenvalue weighted by Gasteiger charge is -2.23. The fourth-order valence-corrected chi connectivity index (χ4v) is 4.11. The van der Waals surface area contributed by atoms with Crippen LogP contribution in [0.2, 0.25) is 0 Å². The zero-order chi connectivity index (χ0) is 18.9. The third-order valence-corrected chi connectivity index (χ3v) is 5.85. The summed E-state index contributed by atoms with van der Waals surface area (Å²) in [5.41, 5.74) is 0. The molecule has 0 aliphatic rings. The van der Waals surface area contributed by atoms with Gasteiger partial charge in [-0.2, -0.15) is 4.31 Å². The van der Waals surface area contributed by atoms with Crippen LogP contribution < -0.4 is 14.5 Å². The van der Waals surface area contributed by atoms with Crippen LogP contribution in [0.25, 0.3) is 0 Å². The Kier molecular flexibility index (Phi) is 9.42. The highest BCUT2D eigenvalue weighted by molar-refractivity contribution is 7.89. The number of benzene rings is 1. The van der Waals surface area contributed by atoms with Crippen LogP contribution in [0.1, 0.15) is 19.8 Å². The van der Waals surface area contributed by atoms with Crippen LogP contribution in [0.4, 0.5) is 0 Å². The highest BCUT2D eigenvalue weighted by Gasteiger charge is 2.24. The van der Waals surface area contributed by atoms with Crippen LogP contribution in [0.3, 0.4) is 0 Å². The standard InChI is InChI=1S/C18H33N3O3S/c1-6-24-17-9-11-18(12-10-17)25(22,23)21(15-7-13-19(2)3)16-8-14-20(4)5/h9-12H,6-8,13-16H2,1-5H3/p+2. The van der Waals surface area contributed by atoms with E-state index in [0.717, 1.165) is 25.9 Å². The van der Waals surface area contributed by atoms with Crippen LogP contribution in [-0.2, 0) is 10.0 Å². The minimum absolute atomic E-state index is 0.338. The van der Waals surface area contributed by atoms with Gasteiger partial charge in [-0.05, 0) is 31.2 Å². The molecule has 0 unspecified atom stereocenters. The number of nitrogens with zero attached hydrogens (tertiary/aromatic N) is 1. The maximum absolute atomic E-state index is 13.0. The van der Waals surface area contributed by atoms with Gasteiger partial charge in [0.2, 0.25) is 10.0 Å². The average Bonchev–Trinajstić information content (AvgIpc) is 2.53. The highest BCUT2D eigenvalue weighted by Crippen LogP contribution is 2.20. The molecule has 7 heteroatoms. The normalized spacial score (nSPS) is 12.3. The Morgan fingerprint density at radius 3 is 1.80 bits per heavy atom. The fourth-order valence-electron chi connectivity index (χ4n) is 2.59. The first-order valence-corrected chi connectivity index (χ1v) is 10.5. The smallest absolute Gasteiger partial charge is 0.243 e. The van der Waals surface area contributed by atoms with Crippen LogP contribution >= 0.6 is 0 Å². The monoisotopic (exact) mass is 373 g/mol. The molecule has 2 N–H and O–H groups in total. The van der Waals surface area contributed by atoms with E-state index in [2.05, 4.69) is 28.2 Å². The van der Waals surface area contributed by atoms with Crippen molar-refractivity contribution < 1.29 is 23.0 Å². The van der Waals surface area contributed by atoms with Gasteiger partial charge < -0.3 is 14.5 Å². The summed E-state index contributed by atoms with van der Waals surface area (Å²) in [6.07, 6.45) is 1.71. The summed E-state index contributed by atoms with van der Waals surface area (Å²) >= 11 is 0. The van der Waals surface area contributed by atoms with Gasteiger partial charge in [0.15, 0.2) is 0 Å². The third-order valence-electron chi connectivity index (χ3n) is 3.94. The van der Waals surface area contributed by atoms with Crippen LogP contribution in [0.5, 0.6) is 5.75 Å². The zero-order valence-electron chi connectivity index (χ0n) is 16.3. The predicted octanol–water partition coefficient (Wildman–Crippen LogP) is -0.855. The molecule has 0 saturated carbocycles. The molecule has 0 saturated heterocycles. The van der Waals surface area contributed by atoms with E-state index in [0.29, 0.717) is 30.3 Å². The van der Waals surface area contributed by atoms with Crippen molar-refractivity contribution in [1.82, 2.24) is 4.31 Å². The lowest BCUT2D eigenvalue weighted by atomic mass is 10.3. The number of sulfonamides is 1. The van der Waals surface area contributed by atoms with E-state index in [4.69, 9.17) is 4.74 Å². The van der Waals surface area contributed by atoms with Crippen molar-refractivity contribution in [1.29, 1.82) is 0 Å². The number of rotatable bonds is 12.